The fraction of sp³-hybridized carbons (Fsp3) is 0.176. The van der Waals surface area contributed by atoms with Gasteiger partial charge in [-0.2, -0.15) is 0 Å². The summed E-state index contributed by atoms with van der Waals surface area (Å²) in [6, 6.07) is 11.8. The molecule has 0 saturated carbocycles. The number of nitrogens with one attached hydrogen (secondary N) is 2. The summed E-state index contributed by atoms with van der Waals surface area (Å²) in [4.78, 5) is 12.1. The van der Waals surface area contributed by atoms with E-state index in [0.29, 0.717) is 10.8 Å². The van der Waals surface area contributed by atoms with Crippen LogP contribution in [0.3, 0.4) is 0 Å². The maximum absolute atomic E-state index is 12.9. The van der Waals surface area contributed by atoms with Crippen LogP contribution in [-0.4, -0.2) is 9.68 Å². The first-order valence-corrected chi connectivity index (χ1v) is 8.65. The van der Waals surface area contributed by atoms with Crippen LogP contribution >= 0.6 is 23.6 Å². The SMILES string of the molecule is CC(C)n1c(=O)sc2cc(NC(=S)Nc3ccc(F)cc3)ccc21. The van der Waals surface area contributed by atoms with E-state index in [9.17, 15) is 9.18 Å². The molecule has 0 aliphatic heterocycles. The number of thiazole rings is 1. The third kappa shape index (κ3) is 3.47. The van der Waals surface area contributed by atoms with E-state index in [1.54, 1.807) is 16.7 Å². The molecule has 2 N–H and O–H groups in total. The first-order valence-electron chi connectivity index (χ1n) is 7.42. The Morgan fingerprint density at radius 3 is 2.42 bits per heavy atom. The van der Waals surface area contributed by atoms with Crippen molar-refractivity contribution in [1.82, 2.24) is 4.57 Å². The summed E-state index contributed by atoms with van der Waals surface area (Å²) in [7, 11) is 0. The van der Waals surface area contributed by atoms with Crippen LogP contribution in [0.2, 0.25) is 0 Å². The fourth-order valence-electron chi connectivity index (χ4n) is 2.43. The van der Waals surface area contributed by atoms with Crippen molar-refractivity contribution >= 4 is 50.3 Å². The van der Waals surface area contributed by atoms with Crippen LogP contribution in [-0.2, 0) is 0 Å². The van der Waals surface area contributed by atoms with Crippen LogP contribution in [0, 0.1) is 5.82 Å². The lowest BCUT2D eigenvalue weighted by atomic mass is 10.2. The third-order valence-corrected chi connectivity index (χ3v) is 4.61. The predicted octanol–water partition coefficient (Wildman–Crippen LogP) is 4.59. The lowest BCUT2D eigenvalue weighted by molar-refractivity contribution is 0.611. The van der Waals surface area contributed by atoms with E-state index in [0.717, 1.165) is 15.9 Å². The van der Waals surface area contributed by atoms with E-state index in [2.05, 4.69) is 10.6 Å². The number of thiocarbonyl (C=S) groups is 1. The van der Waals surface area contributed by atoms with Gasteiger partial charge in [0.15, 0.2) is 5.11 Å². The largest absolute Gasteiger partial charge is 0.332 e. The summed E-state index contributed by atoms with van der Waals surface area (Å²) in [5.41, 5.74) is 2.41. The van der Waals surface area contributed by atoms with Crippen molar-refractivity contribution in [3.63, 3.8) is 0 Å². The second-order valence-corrected chi connectivity index (χ2v) is 7.00. The molecule has 3 rings (SSSR count). The van der Waals surface area contributed by atoms with Gasteiger partial charge in [0, 0.05) is 17.4 Å². The standard InChI is InChI=1S/C17H16FN3OS2/c1-10(2)21-14-8-7-13(9-15(14)24-17(21)22)20-16(23)19-12-5-3-11(18)4-6-12/h3-10H,1-2H3,(H2,19,20,23). The van der Waals surface area contributed by atoms with E-state index in [4.69, 9.17) is 12.2 Å². The Labute approximate surface area is 147 Å². The number of hydrogen-bond donors (Lipinski definition) is 2. The fourth-order valence-corrected chi connectivity index (χ4v) is 3.72. The van der Waals surface area contributed by atoms with Gasteiger partial charge in [0.2, 0.25) is 0 Å². The van der Waals surface area contributed by atoms with Crippen LogP contribution in [0.1, 0.15) is 19.9 Å². The molecule has 0 aliphatic rings. The van der Waals surface area contributed by atoms with Crippen molar-refractivity contribution in [1.29, 1.82) is 0 Å². The molecule has 3 aromatic rings. The van der Waals surface area contributed by atoms with Crippen LogP contribution in [0.5, 0.6) is 0 Å². The molecule has 0 unspecified atom stereocenters. The summed E-state index contributed by atoms with van der Waals surface area (Å²) >= 11 is 6.48. The van der Waals surface area contributed by atoms with Crippen molar-refractivity contribution in [2.24, 2.45) is 0 Å². The maximum Gasteiger partial charge on any atom is 0.308 e. The minimum Gasteiger partial charge on any atom is -0.332 e. The molecule has 0 amide bonds. The number of nitrogens with zero attached hydrogens (tertiary/aromatic N) is 1. The van der Waals surface area contributed by atoms with Crippen LogP contribution < -0.4 is 15.5 Å². The molecule has 7 heteroatoms. The van der Waals surface area contributed by atoms with Crippen molar-refractivity contribution in [2.45, 2.75) is 19.9 Å². The number of rotatable bonds is 3. The van der Waals surface area contributed by atoms with Gasteiger partial charge in [-0.25, -0.2) is 4.39 Å². The Bertz CT molecular complexity index is 945. The molecule has 1 heterocycles. The molecular formula is C17H16FN3OS2. The Hall–Kier alpha value is -2.25. The van der Waals surface area contributed by atoms with Crippen LogP contribution in [0.25, 0.3) is 10.2 Å². The summed E-state index contributed by atoms with van der Waals surface area (Å²) in [6.07, 6.45) is 0. The first kappa shape index (κ1) is 16.6. The maximum atomic E-state index is 12.9. The molecule has 1 aromatic heterocycles. The molecular weight excluding hydrogens is 345 g/mol. The van der Waals surface area contributed by atoms with Crippen molar-refractivity contribution in [2.75, 3.05) is 10.6 Å². The lowest BCUT2D eigenvalue weighted by Crippen LogP contribution is -2.19. The lowest BCUT2D eigenvalue weighted by Gasteiger charge is -2.11. The highest BCUT2D eigenvalue weighted by molar-refractivity contribution is 7.80. The number of benzene rings is 2. The van der Waals surface area contributed by atoms with E-state index in [1.807, 2.05) is 32.0 Å². The van der Waals surface area contributed by atoms with Crippen molar-refractivity contribution < 1.29 is 4.39 Å². The molecule has 0 saturated heterocycles. The Morgan fingerprint density at radius 2 is 1.75 bits per heavy atom. The molecule has 124 valence electrons. The Morgan fingerprint density at radius 1 is 1.12 bits per heavy atom. The van der Waals surface area contributed by atoms with Gasteiger partial charge >= 0.3 is 4.87 Å². The Balaban J connectivity index is 1.79. The van der Waals surface area contributed by atoms with E-state index in [-0.39, 0.29) is 16.7 Å². The zero-order valence-electron chi connectivity index (χ0n) is 13.2. The van der Waals surface area contributed by atoms with Gasteiger partial charge in [-0.3, -0.25) is 9.36 Å². The highest BCUT2D eigenvalue weighted by atomic mass is 32.1. The number of anilines is 2. The predicted molar refractivity (Wildman–Crippen MR) is 103 cm³/mol. The summed E-state index contributed by atoms with van der Waals surface area (Å²) in [6.45, 7) is 3.98. The minimum absolute atomic E-state index is 0.0316. The summed E-state index contributed by atoms with van der Waals surface area (Å²) < 4.78 is 15.6. The minimum atomic E-state index is -0.297. The molecule has 0 atom stereocenters. The molecule has 0 radical (unpaired) electrons. The zero-order chi connectivity index (χ0) is 17.3. The average Bonchev–Trinajstić information content (AvgIpc) is 2.84. The summed E-state index contributed by atoms with van der Waals surface area (Å²) in [5, 5.41) is 6.47. The summed E-state index contributed by atoms with van der Waals surface area (Å²) in [5.74, 6) is -0.297. The van der Waals surface area contributed by atoms with Gasteiger partial charge in [-0.15, -0.1) is 0 Å². The zero-order valence-corrected chi connectivity index (χ0v) is 14.8. The van der Waals surface area contributed by atoms with Gasteiger partial charge in [-0.05, 0) is 68.5 Å². The molecule has 24 heavy (non-hydrogen) atoms. The second kappa shape index (κ2) is 6.70. The first-order chi connectivity index (χ1) is 11.4. The van der Waals surface area contributed by atoms with Crippen LogP contribution in [0.4, 0.5) is 15.8 Å². The molecule has 0 spiro atoms. The third-order valence-electron chi connectivity index (χ3n) is 3.49. The smallest absolute Gasteiger partial charge is 0.308 e. The number of halogens is 1. The van der Waals surface area contributed by atoms with E-state index >= 15 is 0 Å². The van der Waals surface area contributed by atoms with Gasteiger partial charge in [0.25, 0.3) is 0 Å². The van der Waals surface area contributed by atoms with Crippen LogP contribution in [0.15, 0.2) is 47.3 Å². The van der Waals surface area contributed by atoms with E-state index < -0.39 is 0 Å². The topological polar surface area (TPSA) is 46.1 Å². The molecule has 0 fully saturated rings. The normalized spacial score (nSPS) is 11.0. The molecule has 4 nitrogen and oxygen atoms in total. The van der Waals surface area contributed by atoms with Gasteiger partial charge in [0.1, 0.15) is 5.82 Å². The van der Waals surface area contributed by atoms with Gasteiger partial charge in [-0.1, -0.05) is 11.3 Å². The molecule has 0 aliphatic carbocycles. The molecule has 0 bridgehead atoms. The average molecular weight is 361 g/mol. The van der Waals surface area contributed by atoms with Crippen molar-refractivity contribution in [3.8, 4) is 0 Å². The quantitative estimate of drug-likeness (QED) is 0.670. The number of aromatic nitrogens is 1. The van der Waals surface area contributed by atoms with Gasteiger partial charge in [0.05, 0.1) is 10.2 Å². The second-order valence-electron chi connectivity index (χ2n) is 5.60. The highest BCUT2D eigenvalue weighted by Gasteiger charge is 2.11. The van der Waals surface area contributed by atoms with Crippen molar-refractivity contribution in [3.05, 3.63) is 57.9 Å². The van der Waals surface area contributed by atoms with E-state index in [1.165, 1.54) is 23.5 Å². The molecule has 2 aromatic carbocycles. The number of hydrogen-bond acceptors (Lipinski definition) is 3. The number of fused-ring (bicyclic) bond motifs is 1. The highest BCUT2D eigenvalue weighted by Crippen LogP contribution is 2.24. The Kier molecular flexibility index (Phi) is 4.64. The monoisotopic (exact) mass is 361 g/mol. The van der Waals surface area contributed by atoms with Gasteiger partial charge < -0.3 is 10.6 Å².